The zero-order valence-corrected chi connectivity index (χ0v) is 13.4. The quantitative estimate of drug-likeness (QED) is 0.652. The van der Waals surface area contributed by atoms with Crippen molar-refractivity contribution in [1.82, 2.24) is 10.6 Å². The van der Waals surface area contributed by atoms with Gasteiger partial charge in [-0.25, -0.2) is 0 Å². The minimum atomic E-state index is -0.469. The maximum Gasteiger partial charge on any atom is 0.191 e. The number of nitrogens with zero attached hydrogens (tertiary/aromatic N) is 1. The van der Waals surface area contributed by atoms with Crippen LogP contribution in [0.2, 0.25) is 0 Å². The summed E-state index contributed by atoms with van der Waals surface area (Å²) in [7, 11) is 1.82. The lowest BCUT2D eigenvalue weighted by molar-refractivity contribution is -0.116. The van der Waals surface area contributed by atoms with Crippen LogP contribution >= 0.6 is 15.9 Å². The number of alkyl halides is 1. The third kappa shape index (κ3) is 1.97. The van der Waals surface area contributed by atoms with Crippen LogP contribution in [0.4, 0.5) is 0 Å². The average molecular weight is 340 g/mol. The van der Waals surface area contributed by atoms with Crippen molar-refractivity contribution in [1.29, 1.82) is 0 Å². The first kappa shape index (κ1) is 13.7. The Bertz CT molecular complexity index is 565. The molecule has 20 heavy (non-hydrogen) atoms. The second kappa shape index (κ2) is 4.35. The molecule has 1 spiro atoms. The van der Waals surface area contributed by atoms with E-state index in [-0.39, 0.29) is 16.2 Å². The molecule has 2 N–H and O–H groups in total. The van der Waals surface area contributed by atoms with Crippen LogP contribution in [-0.2, 0) is 9.53 Å². The van der Waals surface area contributed by atoms with E-state index in [1.165, 1.54) is 0 Å². The molecule has 0 saturated heterocycles. The fourth-order valence-electron chi connectivity index (χ4n) is 3.21. The number of ether oxygens (including phenoxy) is 1. The predicted molar refractivity (Wildman–Crippen MR) is 80.9 cm³/mol. The van der Waals surface area contributed by atoms with E-state index in [2.05, 4.69) is 31.6 Å². The van der Waals surface area contributed by atoms with Crippen LogP contribution in [0.3, 0.4) is 0 Å². The molecule has 2 heterocycles. The van der Waals surface area contributed by atoms with Gasteiger partial charge in [-0.15, -0.1) is 0 Å². The number of hydrogen-bond donors (Lipinski definition) is 2. The van der Waals surface area contributed by atoms with Crippen LogP contribution in [0.5, 0.6) is 0 Å². The smallest absolute Gasteiger partial charge is 0.191 e. The van der Waals surface area contributed by atoms with E-state index in [0.717, 1.165) is 5.96 Å². The number of Topliss-reactive ketones (excluding diaryl/α,β-unsaturated/α-hetero) is 1. The molecule has 0 aromatic heterocycles. The molecule has 2 aliphatic heterocycles. The first-order chi connectivity index (χ1) is 9.37. The Hall–Kier alpha value is -1.30. The van der Waals surface area contributed by atoms with Crippen molar-refractivity contribution >= 4 is 27.7 Å². The van der Waals surface area contributed by atoms with Crippen LogP contribution in [-0.4, -0.2) is 41.3 Å². The molecule has 0 saturated carbocycles. The standard InChI is InChI=1S/C14H18BrN3O2/c1-13(2)6-14(7-17-12(16-3)18-14)10-9(20-13)5-4-8(15)11(10)19/h4-5,8H,6-7H2,1-3H3,(H2,16,17,18). The summed E-state index contributed by atoms with van der Waals surface area (Å²) in [5.74, 6) is 1.45. The van der Waals surface area contributed by atoms with Gasteiger partial charge in [0, 0.05) is 13.5 Å². The number of aliphatic imine (C=N–C) groups is 1. The highest BCUT2D eigenvalue weighted by molar-refractivity contribution is 9.10. The molecule has 1 aliphatic carbocycles. The van der Waals surface area contributed by atoms with Gasteiger partial charge in [0.1, 0.15) is 11.4 Å². The van der Waals surface area contributed by atoms with Crippen molar-refractivity contribution in [3.8, 4) is 0 Å². The van der Waals surface area contributed by atoms with Gasteiger partial charge in [-0.1, -0.05) is 22.0 Å². The maximum absolute atomic E-state index is 12.6. The lowest BCUT2D eigenvalue weighted by atomic mass is 9.74. The van der Waals surface area contributed by atoms with Gasteiger partial charge in [0.05, 0.1) is 22.5 Å². The highest BCUT2D eigenvalue weighted by Gasteiger charge is 2.52. The number of ketones is 1. The molecule has 0 fully saturated rings. The summed E-state index contributed by atoms with van der Waals surface area (Å²) < 4.78 is 5.99. The maximum atomic E-state index is 12.6. The van der Waals surface area contributed by atoms with Crippen molar-refractivity contribution < 1.29 is 9.53 Å². The Morgan fingerprint density at radius 1 is 1.55 bits per heavy atom. The molecule has 0 bridgehead atoms. The van der Waals surface area contributed by atoms with Crippen LogP contribution in [0.15, 0.2) is 28.5 Å². The summed E-state index contributed by atoms with van der Waals surface area (Å²) in [4.78, 5) is 16.8. The number of hydrogen-bond acceptors (Lipinski definition) is 5. The van der Waals surface area contributed by atoms with Crippen molar-refractivity contribution in [3.05, 3.63) is 23.5 Å². The summed E-state index contributed by atoms with van der Waals surface area (Å²) in [5.41, 5.74) is -0.104. The number of fused-ring (bicyclic) bond motifs is 1. The Morgan fingerprint density at radius 2 is 2.30 bits per heavy atom. The predicted octanol–water partition coefficient (Wildman–Crippen LogP) is 1.26. The minimum Gasteiger partial charge on any atom is -0.487 e. The largest absolute Gasteiger partial charge is 0.487 e. The van der Waals surface area contributed by atoms with Gasteiger partial charge in [-0.05, 0) is 19.9 Å². The van der Waals surface area contributed by atoms with E-state index >= 15 is 0 Å². The van der Waals surface area contributed by atoms with Gasteiger partial charge in [0.25, 0.3) is 0 Å². The van der Waals surface area contributed by atoms with Crippen molar-refractivity contribution in [2.24, 2.45) is 4.99 Å². The Kier molecular flexibility index (Phi) is 2.97. The number of halogens is 1. The lowest BCUT2D eigenvalue weighted by Crippen LogP contribution is -2.59. The Morgan fingerprint density at radius 3 is 2.95 bits per heavy atom. The van der Waals surface area contributed by atoms with Crippen LogP contribution < -0.4 is 10.6 Å². The lowest BCUT2D eigenvalue weighted by Gasteiger charge is -2.45. The molecule has 2 atom stereocenters. The zero-order valence-electron chi connectivity index (χ0n) is 11.8. The molecule has 2 unspecified atom stereocenters. The molecular weight excluding hydrogens is 322 g/mol. The van der Waals surface area contributed by atoms with E-state index in [1.807, 2.05) is 33.0 Å². The van der Waals surface area contributed by atoms with Gasteiger partial charge in [-0.3, -0.25) is 9.79 Å². The van der Waals surface area contributed by atoms with E-state index in [1.54, 1.807) is 0 Å². The van der Waals surface area contributed by atoms with Gasteiger partial charge in [0.15, 0.2) is 11.7 Å². The van der Waals surface area contributed by atoms with E-state index in [0.29, 0.717) is 24.3 Å². The van der Waals surface area contributed by atoms with Crippen LogP contribution in [0.25, 0.3) is 0 Å². The second-order valence-corrected chi connectivity index (χ2v) is 7.01. The number of allylic oxidation sites excluding steroid dienone is 2. The fourth-order valence-corrected chi connectivity index (χ4v) is 3.59. The summed E-state index contributed by atoms with van der Waals surface area (Å²) >= 11 is 3.40. The van der Waals surface area contributed by atoms with Crippen molar-refractivity contribution in [2.75, 3.05) is 13.6 Å². The molecular formula is C14H18BrN3O2. The van der Waals surface area contributed by atoms with Gasteiger partial charge < -0.3 is 15.4 Å². The monoisotopic (exact) mass is 339 g/mol. The topological polar surface area (TPSA) is 62.7 Å². The third-order valence-electron chi connectivity index (χ3n) is 3.85. The molecule has 3 aliphatic rings. The van der Waals surface area contributed by atoms with E-state index in [4.69, 9.17) is 4.74 Å². The number of carbonyl (C=O) groups is 1. The first-order valence-electron chi connectivity index (χ1n) is 6.68. The summed E-state index contributed by atoms with van der Waals surface area (Å²) in [6, 6.07) is 0. The van der Waals surface area contributed by atoms with Gasteiger partial charge in [-0.2, -0.15) is 0 Å². The molecule has 3 rings (SSSR count). The molecule has 0 amide bonds. The fraction of sp³-hybridized carbons (Fsp3) is 0.571. The number of guanidine groups is 1. The number of nitrogens with one attached hydrogen (secondary N) is 2. The highest BCUT2D eigenvalue weighted by atomic mass is 79.9. The third-order valence-corrected chi connectivity index (χ3v) is 4.57. The first-order valence-corrected chi connectivity index (χ1v) is 7.59. The van der Waals surface area contributed by atoms with Crippen LogP contribution in [0.1, 0.15) is 20.3 Å². The zero-order chi connectivity index (χ0) is 14.5. The normalized spacial score (nSPS) is 34.5. The highest BCUT2D eigenvalue weighted by Crippen LogP contribution is 2.43. The van der Waals surface area contributed by atoms with E-state index in [9.17, 15) is 4.79 Å². The van der Waals surface area contributed by atoms with Crippen molar-refractivity contribution in [3.63, 3.8) is 0 Å². The Balaban J connectivity index is 2.08. The Labute approximate surface area is 126 Å². The summed E-state index contributed by atoms with van der Waals surface area (Å²) in [6.07, 6.45) is 4.41. The summed E-state index contributed by atoms with van der Waals surface area (Å²) in [6.45, 7) is 4.63. The summed E-state index contributed by atoms with van der Waals surface area (Å²) in [5, 5.41) is 6.41. The molecule has 0 radical (unpaired) electrons. The molecule has 6 heteroatoms. The second-order valence-electron chi connectivity index (χ2n) is 6.02. The molecule has 0 aromatic rings. The van der Waals surface area contributed by atoms with Gasteiger partial charge >= 0.3 is 0 Å². The minimum absolute atomic E-state index is 0.0538. The number of carbonyl (C=O) groups excluding carboxylic acids is 1. The van der Waals surface area contributed by atoms with Crippen molar-refractivity contribution in [2.45, 2.75) is 36.2 Å². The van der Waals surface area contributed by atoms with Crippen LogP contribution in [0, 0.1) is 0 Å². The molecule has 5 nitrogen and oxygen atoms in total. The molecule has 0 aromatic carbocycles. The SMILES string of the molecule is CNC1=NCC2(CC(C)(C)OC3=C2C(=O)C(Br)C=C3)N1. The van der Waals surface area contributed by atoms with E-state index < -0.39 is 5.54 Å². The average Bonchev–Trinajstić information content (AvgIpc) is 2.76. The van der Waals surface area contributed by atoms with Gasteiger partial charge in [0.2, 0.25) is 0 Å². The number of rotatable bonds is 0. The molecule has 108 valence electrons.